The van der Waals surface area contributed by atoms with E-state index in [1.165, 1.54) is 20.9 Å². The molecule has 126 valence electrons. The molecule has 1 aliphatic carbocycles. The Hall–Kier alpha value is -1.65. The highest BCUT2D eigenvalue weighted by atomic mass is 32.1. The molecular weight excluding hydrogens is 318 g/mol. The van der Waals surface area contributed by atoms with Crippen molar-refractivity contribution in [3.8, 4) is 10.4 Å². The van der Waals surface area contributed by atoms with Crippen LogP contribution in [0.3, 0.4) is 0 Å². The SMILES string of the molecule is Cc1ccc(-c2ccc(CN3C[C@@H]4CCC[C@@]4(C(=O)O)C3)s2)cc1. The Morgan fingerprint density at radius 2 is 2.08 bits per heavy atom. The van der Waals surface area contributed by atoms with Crippen LogP contribution in [0.1, 0.15) is 29.7 Å². The third kappa shape index (κ3) is 2.68. The number of thiophene rings is 1. The maximum Gasteiger partial charge on any atom is 0.311 e. The Kier molecular flexibility index (Phi) is 3.97. The summed E-state index contributed by atoms with van der Waals surface area (Å²) in [6.45, 7) is 4.63. The Labute approximate surface area is 146 Å². The molecule has 0 radical (unpaired) electrons. The second kappa shape index (κ2) is 6.01. The molecule has 1 saturated heterocycles. The molecular formula is C20H23NO2S. The second-order valence-electron chi connectivity index (χ2n) is 7.35. The number of fused-ring (bicyclic) bond motifs is 1. The van der Waals surface area contributed by atoms with Gasteiger partial charge in [0.25, 0.3) is 0 Å². The lowest BCUT2D eigenvalue weighted by atomic mass is 9.81. The van der Waals surface area contributed by atoms with E-state index in [0.29, 0.717) is 12.5 Å². The molecule has 2 aliphatic rings. The molecule has 1 N–H and O–H groups in total. The van der Waals surface area contributed by atoms with Crippen LogP contribution in [0.5, 0.6) is 0 Å². The molecule has 1 aromatic heterocycles. The fraction of sp³-hybridized carbons (Fsp3) is 0.450. The summed E-state index contributed by atoms with van der Waals surface area (Å²) >= 11 is 1.82. The van der Waals surface area contributed by atoms with E-state index in [9.17, 15) is 9.90 Å². The van der Waals surface area contributed by atoms with E-state index in [2.05, 4.69) is 48.2 Å². The van der Waals surface area contributed by atoms with Crippen LogP contribution in [-0.4, -0.2) is 29.1 Å². The number of carboxylic acid groups (broad SMARTS) is 1. The van der Waals surface area contributed by atoms with Gasteiger partial charge in [0.15, 0.2) is 0 Å². The van der Waals surface area contributed by atoms with Gasteiger partial charge >= 0.3 is 5.97 Å². The summed E-state index contributed by atoms with van der Waals surface area (Å²) in [5.74, 6) is -0.245. The van der Waals surface area contributed by atoms with E-state index in [0.717, 1.165) is 32.4 Å². The standard InChI is InChI=1S/C20H23NO2S/c1-14-4-6-15(7-5-14)18-9-8-17(24-18)12-21-11-16-3-2-10-20(16,13-21)19(22)23/h4-9,16H,2-3,10-13H2,1H3,(H,22,23)/t16-,20+/m0/s1. The van der Waals surface area contributed by atoms with Crippen molar-refractivity contribution in [3.05, 3.63) is 46.8 Å². The van der Waals surface area contributed by atoms with E-state index < -0.39 is 11.4 Å². The van der Waals surface area contributed by atoms with Crippen LogP contribution in [0, 0.1) is 18.3 Å². The van der Waals surface area contributed by atoms with E-state index in [-0.39, 0.29) is 0 Å². The van der Waals surface area contributed by atoms with Gasteiger partial charge in [0, 0.05) is 29.4 Å². The third-order valence-corrected chi connectivity index (χ3v) is 6.86. The molecule has 2 atom stereocenters. The number of benzene rings is 1. The van der Waals surface area contributed by atoms with Crippen LogP contribution in [0.15, 0.2) is 36.4 Å². The number of carboxylic acids is 1. The van der Waals surface area contributed by atoms with Crippen LogP contribution in [0.25, 0.3) is 10.4 Å². The van der Waals surface area contributed by atoms with E-state index in [1.807, 2.05) is 11.3 Å². The van der Waals surface area contributed by atoms with Crippen LogP contribution >= 0.6 is 11.3 Å². The molecule has 1 aliphatic heterocycles. The predicted molar refractivity (Wildman–Crippen MR) is 97.2 cm³/mol. The number of hydrogen-bond acceptors (Lipinski definition) is 3. The number of likely N-dealkylation sites (tertiary alicyclic amines) is 1. The van der Waals surface area contributed by atoms with Gasteiger partial charge in [0.2, 0.25) is 0 Å². The summed E-state index contributed by atoms with van der Waals surface area (Å²) in [5.41, 5.74) is 2.06. The van der Waals surface area contributed by atoms with Crippen molar-refractivity contribution in [1.82, 2.24) is 4.90 Å². The first kappa shape index (κ1) is 15.9. The molecule has 3 nitrogen and oxygen atoms in total. The summed E-state index contributed by atoms with van der Waals surface area (Å²) in [5, 5.41) is 9.71. The van der Waals surface area contributed by atoms with Gasteiger partial charge in [-0.25, -0.2) is 0 Å². The van der Waals surface area contributed by atoms with E-state index in [4.69, 9.17) is 0 Å². The Bertz CT molecular complexity index is 751. The van der Waals surface area contributed by atoms with Crippen molar-refractivity contribution in [2.75, 3.05) is 13.1 Å². The topological polar surface area (TPSA) is 40.5 Å². The number of nitrogens with zero attached hydrogens (tertiary/aromatic N) is 1. The number of hydrogen-bond donors (Lipinski definition) is 1. The lowest BCUT2D eigenvalue weighted by molar-refractivity contribution is -0.149. The fourth-order valence-electron chi connectivity index (χ4n) is 4.42. The highest BCUT2D eigenvalue weighted by Crippen LogP contribution is 2.49. The van der Waals surface area contributed by atoms with Crippen LogP contribution < -0.4 is 0 Å². The molecule has 0 unspecified atom stereocenters. The van der Waals surface area contributed by atoms with E-state index >= 15 is 0 Å². The number of aryl methyl sites for hydroxylation is 1. The first-order valence-corrected chi connectivity index (χ1v) is 9.50. The lowest BCUT2D eigenvalue weighted by Gasteiger charge is -2.23. The molecule has 0 amide bonds. The minimum Gasteiger partial charge on any atom is -0.481 e. The molecule has 2 heterocycles. The molecule has 4 rings (SSSR count). The summed E-state index contributed by atoms with van der Waals surface area (Å²) in [7, 11) is 0. The van der Waals surface area contributed by atoms with Crippen molar-refractivity contribution in [2.45, 2.75) is 32.7 Å². The van der Waals surface area contributed by atoms with Gasteiger partial charge in [0.1, 0.15) is 0 Å². The van der Waals surface area contributed by atoms with Gasteiger partial charge in [0.05, 0.1) is 5.41 Å². The molecule has 0 spiro atoms. The quantitative estimate of drug-likeness (QED) is 0.895. The van der Waals surface area contributed by atoms with E-state index in [1.54, 1.807) is 0 Å². The summed E-state index contributed by atoms with van der Waals surface area (Å²) < 4.78 is 0. The minimum absolute atomic E-state index is 0.339. The average molecular weight is 341 g/mol. The smallest absolute Gasteiger partial charge is 0.311 e. The van der Waals surface area contributed by atoms with Crippen molar-refractivity contribution in [2.24, 2.45) is 11.3 Å². The first-order valence-electron chi connectivity index (χ1n) is 8.68. The zero-order valence-electron chi connectivity index (χ0n) is 14.0. The predicted octanol–water partition coefficient (Wildman–Crippen LogP) is 4.41. The molecule has 2 fully saturated rings. The molecule has 24 heavy (non-hydrogen) atoms. The molecule has 1 aromatic carbocycles. The Morgan fingerprint density at radius 3 is 2.79 bits per heavy atom. The van der Waals surface area contributed by atoms with Gasteiger partial charge in [-0.2, -0.15) is 0 Å². The van der Waals surface area contributed by atoms with Crippen molar-refractivity contribution in [3.63, 3.8) is 0 Å². The van der Waals surface area contributed by atoms with Crippen LogP contribution in [0.2, 0.25) is 0 Å². The molecule has 2 aromatic rings. The zero-order chi connectivity index (χ0) is 16.7. The number of rotatable bonds is 4. The molecule has 4 heteroatoms. The maximum atomic E-state index is 11.8. The van der Waals surface area contributed by atoms with Crippen LogP contribution in [-0.2, 0) is 11.3 Å². The highest BCUT2D eigenvalue weighted by Gasteiger charge is 2.54. The maximum absolute atomic E-state index is 11.8. The summed E-state index contributed by atoms with van der Waals surface area (Å²) in [6, 6.07) is 13.0. The fourth-order valence-corrected chi connectivity index (χ4v) is 5.48. The lowest BCUT2D eigenvalue weighted by Crippen LogP contribution is -2.35. The van der Waals surface area contributed by atoms with Gasteiger partial charge in [-0.15, -0.1) is 11.3 Å². The molecule has 1 saturated carbocycles. The number of carbonyl (C=O) groups is 1. The largest absolute Gasteiger partial charge is 0.481 e. The highest BCUT2D eigenvalue weighted by molar-refractivity contribution is 7.15. The zero-order valence-corrected chi connectivity index (χ0v) is 14.8. The van der Waals surface area contributed by atoms with Gasteiger partial charge in [-0.3, -0.25) is 9.69 Å². The third-order valence-electron chi connectivity index (χ3n) is 5.74. The Morgan fingerprint density at radius 1 is 1.29 bits per heavy atom. The van der Waals surface area contributed by atoms with Crippen molar-refractivity contribution < 1.29 is 9.90 Å². The second-order valence-corrected chi connectivity index (χ2v) is 8.52. The minimum atomic E-state index is -0.584. The van der Waals surface area contributed by atoms with Crippen molar-refractivity contribution >= 4 is 17.3 Å². The van der Waals surface area contributed by atoms with Gasteiger partial charge < -0.3 is 5.11 Å². The van der Waals surface area contributed by atoms with Gasteiger partial charge in [-0.1, -0.05) is 36.2 Å². The van der Waals surface area contributed by atoms with Crippen molar-refractivity contribution in [1.29, 1.82) is 0 Å². The summed E-state index contributed by atoms with van der Waals surface area (Å²) in [6.07, 6.45) is 2.99. The summed E-state index contributed by atoms with van der Waals surface area (Å²) in [4.78, 5) is 16.8. The van der Waals surface area contributed by atoms with Crippen LogP contribution in [0.4, 0.5) is 0 Å². The monoisotopic (exact) mass is 341 g/mol. The number of aliphatic carboxylic acids is 1. The molecule has 0 bridgehead atoms. The average Bonchev–Trinajstić information content (AvgIpc) is 3.22. The first-order chi connectivity index (χ1) is 11.6. The Balaban J connectivity index is 1.47. The normalized spacial score (nSPS) is 26.6. The van der Waals surface area contributed by atoms with Gasteiger partial charge in [-0.05, 0) is 43.4 Å².